The summed E-state index contributed by atoms with van der Waals surface area (Å²) in [4.78, 5) is 38.5. The molecule has 1 aliphatic heterocycles. The van der Waals surface area contributed by atoms with Crippen molar-refractivity contribution in [1.82, 2.24) is 10.2 Å². The van der Waals surface area contributed by atoms with E-state index in [1.54, 1.807) is 0 Å². The summed E-state index contributed by atoms with van der Waals surface area (Å²) in [6.07, 6.45) is 21.0. The molecule has 0 bridgehead atoms. The zero-order valence-corrected chi connectivity index (χ0v) is 19.7. The summed E-state index contributed by atoms with van der Waals surface area (Å²) in [7, 11) is 1.52. The lowest BCUT2D eigenvalue weighted by molar-refractivity contribution is -0.143. The zero-order valence-electron chi connectivity index (χ0n) is 19.7. The SMILES string of the molecule is C#CCCCCCC(=O)N1C(=O)C=C(OC)C1CCCCNC(=O)C(C)CCCCC#C. The summed E-state index contributed by atoms with van der Waals surface area (Å²) in [6.45, 7) is 2.50. The van der Waals surface area contributed by atoms with Crippen molar-refractivity contribution in [1.29, 1.82) is 0 Å². The standard InChI is InChI=1S/C26H38N2O4/c1-5-7-9-11-13-18-24(29)28-22(23(32-4)20-25(28)30)17-14-15-19-27-26(31)21(3)16-12-10-8-6-2/h1-2,20-22H,7-19H2,3-4H3,(H,27,31). The number of carbonyl (C=O) groups is 3. The highest BCUT2D eigenvalue weighted by molar-refractivity contribution is 6.04. The van der Waals surface area contributed by atoms with Gasteiger partial charge in [-0.3, -0.25) is 19.3 Å². The molecule has 6 nitrogen and oxygen atoms in total. The van der Waals surface area contributed by atoms with Crippen LogP contribution in [-0.2, 0) is 19.1 Å². The Balaban J connectivity index is 2.39. The van der Waals surface area contributed by atoms with Gasteiger partial charge in [0.15, 0.2) is 0 Å². The van der Waals surface area contributed by atoms with Crippen molar-refractivity contribution < 1.29 is 19.1 Å². The van der Waals surface area contributed by atoms with Crippen LogP contribution in [0, 0.1) is 30.6 Å². The third kappa shape index (κ3) is 9.60. The monoisotopic (exact) mass is 442 g/mol. The number of amides is 3. The van der Waals surface area contributed by atoms with Crippen LogP contribution < -0.4 is 5.32 Å². The first-order valence-electron chi connectivity index (χ1n) is 11.7. The molecule has 1 heterocycles. The molecular weight excluding hydrogens is 404 g/mol. The van der Waals surface area contributed by atoms with Gasteiger partial charge >= 0.3 is 0 Å². The molecule has 32 heavy (non-hydrogen) atoms. The van der Waals surface area contributed by atoms with E-state index in [1.165, 1.54) is 18.1 Å². The Hall–Kier alpha value is -2.73. The molecule has 3 amide bonds. The van der Waals surface area contributed by atoms with E-state index in [1.807, 2.05) is 6.92 Å². The molecule has 0 aromatic carbocycles. The maximum absolute atomic E-state index is 12.6. The fourth-order valence-electron chi connectivity index (χ4n) is 3.79. The maximum atomic E-state index is 12.6. The molecule has 176 valence electrons. The first-order chi connectivity index (χ1) is 15.5. The van der Waals surface area contributed by atoms with E-state index in [9.17, 15) is 14.4 Å². The summed E-state index contributed by atoms with van der Waals surface area (Å²) in [6, 6.07) is -0.364. The molecule has 0 aromatic heterocycles. The summed E-state index contributed by atoms with van der Waals surface area (Å²) < 4.78 is 5.36. The van der Waals surface area contributed by atoms with Crippen LogP contribution in [0.5, 0.6) is 0 Å². The zero-order chi connectivity index (χ0) is 23.8. The molecule has 0 aromatic rings. The molecule has 0 fully saturated rings. The van der Waals surface area contributed by atoms with E-state index < -0.39 is 0 Å². The van der Waals surface area contributed by atoms with Crippen molar-refractivity contribution in [3.63, 3.8) is 0 Å². The highest BCUT2D eigenvalue weighted by Crippen LogP contribution is 2.26. The number of unbranched alkanes of at least 4 members (excludes halogenated alkanes) is 6. The van der Waals surface area contributed by atoms with Gasteiger partial charge in [-0.1, -0.05) is 19.8 Å². The predicted molar refractivity (Wildman–Crippen MR) is 126 cm³/mol. The van der Waals surface area contributed by atoms with Crippen molar-refractivity contribution in [2.45, 2.75) is 90.0 Å². The maximum Gasteiger partial charge on any atom is 0.257 e. The van der Waals surface area contributed by atoms with Gasteiger partial charge in [0.05, 0.1) is 13.2 Å². The molecule has 0 saturated heterocycles. The fraction of sp³-hybridized carbons (Fsp3) is 0.654. The van der Waals surface area contributed by atoms with Crippen molar-refractivity contribution in [2.24, 2.45) is 5.92 Å². The normalized spacial score (nSPS) is 16.1. The van der Waals surface area contributed by atoms with Crippen LogP contribution in [0.2, 0.25) is 0 Å². The van der Waals surface area contributed by atoms with Gasteiger partial charge in [0, 0.05) is 37.8 Å². The molecule has 0 spiro atoms. The minimum absolute atomic E-state index is 0.0306. The molecule has 0 aliphatic carbocycles. The predicted octanol–water partition coefficient (Wildman–Crippen LogP) is 3.95. The first-order valence-corrected chi connectivity index (χ1v) is 11.7. The van der Waals surface area contributed by atoms with Crippen LogP contribution in [0.3, 0.4) is 0 Å². The second kappa shape index (κ2) is 16.0. The quantitative estimate of drug-likeness (QED) is 0.290. The Morgan fingerprint density at radius 2 is 1.78 bits per heavy atom. The lowest BCUT2D eigenvalue weighted by Gasteiger charge is -2.25. The van der Waals surface area contributed by atoms with Crippen LogP contribution >= 0.6 is 0 Å². The Morgan fingerprint density at radius 3 is 2.44 bits per heavy atom. The number of nitrogens with one attached hydrogen (secondary N) is 1. The Labute approximate surface area is 193 Å². The number of carbonyl (C=O) groups excluding carboxylic acids is 3. The second-order valence-corrected chi connectivity index (χ2v) is 8.27. The lowest BCUT2D eigenvalue weighted by Crippen LogP contribution is -2.40. The molecule has 2 atom stereocenters. The molecule has 6 heteroatoms. The van der Waals surface area contributed by atoms with Crippen LogP contribution in [0.15, 0.2) is 11.8 Å². The smallest absolute Gasteiger partial charge is 0.257 e. The van der Waals surface area contributed by atoms with E-state index in [0.717, 1.165) is 51.4 Å². The topological polar surface area (TPSA) is 75.7 Å². The van der Waals surface area contributed by atoms with E-state index in [2.05, 4.69) is 17.2 Å². The van der Waals surface area contributed by atoms with E-state index >= 15 is 0 Å². The average Bonchev–Trinajstić information content (AvgIpc) is 3.11. The van der Waals surface area contributed by atoms with Gasteiger partial charge in [0.2, 0.25) is 11.8 Å². The van der Waals surface area contributed by atoms with Gasteiger partial charge in [-0.2, -0.15) is 0 Å². The van der Waals surface area contributed by atoms with Gasteiger partial charge in [-0.05, 0) is 44.9 Å². The van der Waals surface area contributed by atoms with Gasteiger partial charge in [-0.15, -0.1) is 24.7 Å². The van der Waals surface area contributed by atoms with E-state index in [4.69, 9.17) is 17.6 Å². The Bertz CT molecular complexity index is 729. The molecular formula is C26H38N2O4. The summed E-state index contributed by atoms with van der Waals surface area (Å²) in [5.74, 6) is 5.28. The second-order valence-electron chi connectivity index (χ2n) is 8.27. The highest BCUT2D eigenvalue weighted by Gasteiger charge is 2.37. The molecule has 1 rings (SSSR count). The number of terminal acetylenes is 2. The largest absolute Gasteiger partial charge is 0.499 e. The minimum atomic E-state index is -0.364. The number of imide groups is 1. The van der Waals surface area contributed by atoms with Crippen LogP contribution in [0.1, 0.15) is 84.0 Å². The van der Waals surface area contributed by atoms with E-state index in [0.29, 0.717) is 38.0 Å². The van der Waals surface area contributed by atoms with Crippen LogP contribution in [0.25, 0.3) is 0 Å². The van der Waals surface area contributed by atoms with Gasteiger partial charge < -0.3 is 10.1 Å². The van der Waals surface area contributed by atoms with Gasteiger partial charge in [0.25, 0.3) is 5.91 Å². The fourth-order valence-corrected chi connectivity index (χ4v) is 3.79. The molecule has 1 aliphatic rings. The van der Waals surface area contributed by atoms with Crippen molar-refractivity contribution >= 4 is 17.7 Å². The number of hydrogen-bond acceptors (Lipinski definition) is 4. The summed E-state index contributed by atoms with van der Waals surface area (Å²) >= 11 is 0. The number of ether oxygens (including phenoxy) is 1. The molecule has 2 unspecified atom stereocenters. The molecule has 0 radical (unpaired) electrons. The van der Waals surface area contributed by atoms with Gasteiger partial charge in [-0.25, -0.2) is 0 Å². The third-order valence-corrected chi connectivity index (χ3v) is 5.72. The number of nitrogens with zero attached hydrogens (tertiary/aromatic N) is 1. The third-order valence-electron chi connectivity index (χ3n) is 5.72. The lowest BCUT2D eigenvalue weighted by atomic mass is 10.0. The number of rotatable bonds is 16. The Morgan fingerprint density at radius 1 is 1.09 bits per heavy atom. The van der Waals surface area contributed by atoms with Crippen molar-refractivity contribution in [2.75, 3.05) is 13.7 Å². The van der Waals surface area contributed by atoms with Crippen LogP contribution in [0.4, 0.5) is 0 Å². The first kappa shape index (κ1) is 27.3. The van der Waals surface area contributed by atoms with E-state index in [-0.39, 0.29) is 29.7 Å². The summed E-state index contributed by atoms with van der Waals surface area (Å²) in [5, 5.41) is 2.97. The highest BCUT2D eigenvalue weighted by atomic mass is 16.5. The summed E-state index contributed by atoms with van der Waals surface area (Å²) in [5.41, 5.74) is 0. The minimum Gasteiger partial charge on any atom is -0.499 e. The van der Waals surface area contributed by atoms with Crippen molar-refractivity contribution in [3.05, 3.63) is 11.8 Å². The van der Waals surface area contributed by atoms with Crippen molar-refractivity contribution in [3.8, 4) is 24.7 Å². The molecule has 0 saturated carbocycles. The van der Waals surface area contributed by atoms with Crippen LogP contribution in [-0.4, -0.2) is 42.3 Å². The average molecular weight is 443 g/mol. The Kier molecular flexibility index (Phi) is 13.6. The number of methoxy groups -OCH3 is 1. The molecule has 1 N–H and O–H groups in total. The van der Waals surface area contributed by atoms with Gasteiger partial charge in [0.1, 0.15) is 5.76 Å². The number of hydrogen-bond donors (Lipinski definition) is 1.